The van der Waals surface area contributed by atoms with E-state index in [9.17, 15) is 41.2 Å². The van der Waals surface area contributed by atoms with Crippen LogP contribution in [0.25, 0.3) is 0 Å². The molecule has 5 amide bonds. The smallest absolute Gasteiger partial charge is 0.337 e. The van der Waals surface area contributed by atoms with Gasteiger partial charge in [0.15, 0.2) is 0 Å². The summed E-state index contributed by atoms with van der Waals surface area (Å²) in [5, 5.41) is 10.7. The lowest BCUT2D eigenvalue weighted by Gasteiger charge is -2.38. The van der Waals surface area contributed by atoms with Crippen LogP contribution in [-0.2, 0) is 35.6 Å². The van der Waals surface area contributed by atoms with Crippen molar-refractivity contribution >= 4 is 39.7 Å². The van der Waals surface area contributed by atoms with Crippen LogP contribution in [0.3, 0.4) is 0 Å². The molecular formula is C40H56F2N6O8S. The topological polar surface area (TPSA) is 192 Å². The van der Waals surface area contributed by atoms with Gasteiger partial charge in [0.1, 0.15) is 18.1 Å². The summed E-state index contributed by atoms with van der Waals surface area (Å²) in [6, 6.07) is 9.08. The van der Waals surface area contributed by atoms with Crippen LogP contribution >= 0.6 is 0 Å². The van der Waals surface area contributed by atoms with Crippen molar-refractivity contribution in [1.82, 2.24) is 30.9 Å². The fraction of sp³-hybridized carbons (Fsp3) is 0.575. The highest BCUT2D eigenvalue weighted by molar-refractivity contribution is 7.89. The van der Waals surface area contributed by atoms with Crippen LogP contribution in [0, 0.1) is 28.6 Å². The van der Waals surface area contributed by atoms with E-state index in [0.717, 1.165) is 5.56 Å². The third-order valence-electron chi connectivity index (χ3n) is 11.0. The highest BCUT2D eigenvalue weighted by Crippen LogP contribution is 2.65. The van der Waals surface area contributed by atoms with E-state index in [0.29, 0.717) is 12.0 Å². The Labute approximate surface area is 333 Å². The zero-order chi connectivity index (χ0) is 42.5. The van der Waals surface area contributed by atoms with Crippen LogP contribution in [0.4, 0.5) is 13.6 Å². The first-order valence-electron chi connectivity index (χ1n) is 19.0. The Morgan fingerprint density at radius 3 is 2.14 bits per heavy atom. The summed E-state index contributed by atoms with van der Waals surface area (Å²) < 4.78 is 60.5. The Morgan fingerprint density at radius 1 is 0.947 bits per heavy atom. The summed E-state index contributed by atoms with van der Waals surface area (Å²) in [4.78, 5) is 68.3. The molecule has 314 valence electrons. The van der Waals surface area contributed by atoms with Crippen molar-refractivity contribution in [3.05, 3.63) is 65.7 Å². The highest BCUT2D eigenvalue weighted by Gasteiger charge is 2.70. The predicted molar refractivity (Wildman–Crippen MR) is 208 cm³/mol. The van der Waals surface area contributed by atoms with Crippen LogP contribution in [0.1, 0.15) is 70.8 Å². The van der Waals surface area contributed by atoms with Crippen LogP contribution in [0.2, 0.25) is 0 Å². The molecule has 0 bridgehead atoms. The number of hydrogen-bond donors (Lipinski definition) is 5. The number of benzene rings is 2. The maximum Gasteiger partial charge on any atom is 0.337 e. The van der Waals surface area contributed by atoms with Crippen LogP contribution in [0.5, 0.6) is 0 Å². The minimum absolute atomic E-state index is 0.0648. The van der Waals surface area contributed by atoms with E-state index in [4.69, 9.17) is 4.74 Å². The average molecular weight is 819 g/mol. The van der Waals surface area contributed by atoms with Crippen molar-refractivity contribution < 1.29 is 45.9 Å². The second-order valence-electron chi connectivity index (χ2n) is 16.7. The van der Waals surface area contributed by atoms with Gasteiger partial charge in [0.25, 0.3) is 0 Å². The molecular weight excluding hydrogens is 763 g/mol. The number of ether oxygens (including phenoxy) is 1. The molecule has 2 unspecified atom stereocenters. The third-order valence-corrected chi connectivity index (χ3v) is 12.4. The molecule has 1 aliphatic carbocycles. The first-order chi connectivity index (χ1) is 26.6. The minimum atomic E-state index is -3.86. The molecule has 14 nitrogen and oxygen atoms in total. The van der Waals surface area contributed by atoms with Gasteiger partial charge in [-0.2, -0.15) is 0 Å². The molecule has 0 radical (unpaired) electrons. The molecule has 1 heterocycles. The Hall–Kier alpha value is -4.64. The second-order valence-corrected chi connectivity index (χ2v) is 18.5. The van der Waals surface area contributed by atoms with Gasteiger partial charge in [-0.25, -0.2) is 31.5 Å². The molecule has 1 saturated heterocycles. The van der Waals surface area contributed by atoms with Gasteiger partial charge in [0.05, 0.1) is 17.6 Å². The number of hydrogen-bond acceptors (Lipinski definition) is 8. The fourth-order valence-corrected chi connectivity index (χ4v) is 8.43. The molecule has 2 aromatic carbocycles. The number of esters is 1. The molecule has 1 saturated carbocycles. The van der Waals surface area contributed by atoms with Crippen molar-refractivity contribution in [2.45, 2.75) is 96.8 Å². The van der Waals surface area contributed by atoms with E-state index in [1.165, 1.54) is 24.1 Å². The van der Waals surface area contributed by atoms with Crippen LogP contribution in [0.15, 0.2) is 59.5 Å². The average Bonchev–Trinajstić information content (AvgIpc) is 3.44. The maximum absolute atomic E-state index is 14.4. The molecule has 17 heteroatoms. The summed E-state index contributed by atoms with van der Waals surface area (Å²) >= 11 is 0. The normalized spacial score (nSPS) is 20.2. The number of carbonyl (C=O) groups excluding carboxylic acids is 5. The SMILES string of the molecule is COC(=O)c1ccc(CCNC(=O)[C@H](CC(F)F)NC(=O)[C@@H]2C3C(CN2C(=O)[C@@H](NC(=O)N[C@H](CNS(=O)(=O)c2ccccc2)C(C)C)C(C)(C)C)C3(C)C)cc1. The van der Waals surface area contributed by atoms with E-state index in [2.05, 4.69) is 26.0 Å². The first kappa shape index (κ1) is 45.1. The van der Waals surface area contributed by atoms with Gasteiger partial charge in [0.2, 0.25) is 34.2 Å². The molecule has 2 aliphatic rings. The lowest BCUT2D eigenvalue weighted by molar-refractivity contribution is -0.144. The predicted octanol–water partition coefficient (Wildman–Crippen LogP) is 3.47. The molecule has 1 aliphatic heterocycles. The van der Waals surface area contributed by atoms with Gasteiger partial charge < -0.3 is 30.9 Å². The Kier molecular flexibility index (Phi) is 14.5. The van der Waals surface area contributed by atoms with E-state index in [-0.39, 0.29) is 47.7 Å². The fourth-order valence-electron chi connectivity index (χ4n) is 7.35. The highest BCUT2D eigenvalue weighted by atomic mass is 32.2. The van der Waals surface area contributed by atoms with Gasteiger partial charge >= 0.3 is 12.0 Å². The molecule has 6 atom stereocenters. The van der Waals surface area contributed by atoms with Gasteiger partial charge in [-0.15, -0.1) is 0 Å². The van der Waals surface area contributed by atoms with Gasteiger partial charge in [-0.1, -0.05) is 78.8 Å². The molecule has 57 heavy (non-hydrogen) atoms. The number of alkyl halides is 2. The Balaban J connectivity index is 1.45. The molecule has 0 spiro atoms. The number of nitrogens with one attached hydrogen (secondary N) is 5. The molecule has 5 N–H and O–H groups in total. The van der Waals surface area contributed by atoms with E-state index in [1.54, 1.807) is 63.2 Å². The van der Waals surface area contributed by atoms with Crippen molar-refractivity contribution in [2.24, 2.45) is 28.6 Å². The summed E-state index contributed by atoms with van der Waals surface area (Å²) in [6.07, 6.45) is -3.55. The van der Waals surface area contributed by atoms with Crippen LogP contribution < -0.4 is 26.0 Å². The molecule has 4 rings (SSSR count). The largest absolute Gasteiger partial charge is 0.465 e. The number of rotatable bonds is 17. The van der Waals surface area contributed by atoms with Crippen molar-refractivity contribution in [1.29, 1.82) is 0 Å². The molecule has 2 fully saturated rings. The number of carbonyl (C=O) groups is 5. The molecule has 2 aromatic rings. The number of nitrogens with zero attached hydrogens (tertiary/aromatic N) is 1. The number of halogens is 2. The summed E-state index contributed by atoms with van der Waals surface area (Å²) in [7, 11) is -2.59. The van der Waals surface area contributed by atoms with Gasteiger partial charge in [-0.3, -0.25) is 14.4 Å². The maximum atomic E-state index is 14.4. The van der Waals surface area contributed by atoms with Crippen LogP contribution in [-0.4, -0.2) is 100 Å². The Morgan fingerprint density at radius 2 is 1.58 bits per heavy atom. The van der Waals surface area contributed by atoms with E-state index < -0.39 is 82.2 Å². The number of fused-ring (bicyclic) bond motifs is 1. The van der Waals surface area contributed by atoms with Crippen molar-refractivity contribution in [3.8, 4) is 0 Å². The number of likely N-dealkylation sites (tertiary alicyclic amines) is 1. The van der Waals surface area contributed by atoms with E-state index in [1.807, 2.05) is 27.7 Å². The quantitative estimate of drug-likeness (QED) is 0.150. The lowest BCUT2D eigenvalue weighted by atomic mass is 9.85. The zero-order valence-electron chi connectivity index (χ0n) is 33.7. The zero-order valence-corrected chi connectivity index (χ0v) is 34.5. The van der Waals surface area contributed by atoms with E-state index >= 15 is 0 Å². The summed E-state index contributed by atoms with van der Waals surface area (Å²) in [6.45, 7) is 12.9. The monoisotopic (exact) mass is 818 g/mol. The van der Waals surface area contributed by atoms with Crippen molar-refractivity contribution in [2.75, 3.05) is 26.7 Å². The first-order valence-corrected chi connectivity index (χ1v) is 20.5. The summed E-state index contributed by atoms with van der Waals surface area (Å²) in [5.41, 5.74) is -0.0945. The molecule has 0 aromatic heterocycles. The van der Waals surface area contributed by atoms with Crippen molar-refractivity contribution in [3.63, 3.8) is 0 Å². The Bertz CT molecular complexity index is 1870. The standard InChI is InChI=1S/C40H56F2N6O8S/c1-23(2)29(21-44-57(54,55)26-12-10-9-11-13-26)46-38(53)47-33(39(3,4)5)36(51)48-22-27-31(40(27,6)7)32(48)35(50)45-28(20-30(41)42)34(49)43-19-18-24-14-16-25(17-15-24)37(52)56-8/h9-17,23,27-33,44H,18-22H2,1-8H3,(H,43,49)(H,45,50)(H2,46,47,53)/t27?,28-,29+,31?,32-,33+/m0/s1. The number of sulfonamides is 1. The summed E-state index contributed by atoms with van der Waals surface area (Å²) in [5.74, 6) is -3.22. The van der Waals surface area contributed by atoms with Gasteiger partial charge in [0, 0.05) is 32.1 Å². The van der Waals surface area contributed by atoms with Gasteiger partial charge in [-0.05, 0) is 64.8 Å². The number of urea groups is 1. The minimum Gasteiger partial charge on any atom is -0.465 e. The number of methoxy groups -OCH3 is 1. The number of amides is 5. The second kappa shape index (κ2) is 18.3. The number of piperidine rings is 1. The third kappa shape index (κ3) is 11.3. The lowest BCUT2D eigenvalue weighted by Crippen LogP contribution is -2.62.